The summed E-state index contributed by atoms with van der Waals surface area (Å²) in [5, 5.41) is 6.46. The van der Waals surface area contributed by atoms with E-state index in [-0.39, 0.29) is 0 Å². The number of hydrogen-bond donors (Lipinski definition) is 2. The first-order chi connectivity index (χ1) is 9.74. The molecule has 0 aliphatic heterocycles. The molecule has 0 aromatic carbocycles. The maximum atomic E-state index is 4.51. The van der Waals surface area contributed by atoms with Gasteiger partial charge in [0.25, 0.3) is 0 Å². The number of aromatic nitrogens is 3. The second-order valence-corrected chi connectivity index (χ2v) is 4.62. The molecule has 1 rings (SSSR count). The Morgan fingerprint density at radius 3 is 2.05 bits per heavy atom. The Balaban J connectivity index is 2.80. The molecule has 1 aromatic heterocycles. The first kappa shape index (κ1) is 16.5. The quantitative estimate of drug-likeness (QED) is 0.642. The number of nitrogens with one attached hydrogen (secondary N) is 2. The zero-order valence-corrected chi connectivity index (χ0v) is 13.2. The lowest BCUT2D eigenvalue weighted by Gasteiger charge is -2.19. The van der Waals surface area contributed by atoms with Gasteiger partial charge in [0.15, 0.2) is 0 Å². The van der Waals surface area contributed by atoms with Gasteiger partial charge in [-0.1, -0.05) is 19.8 Å². The minimum Gasteiger partial charge on any atom is -0.354 e. The summed E-state index contributed by atoms with van der Waals surface area (Å²) in [6.45, 7) is 11.9. The first-order valence-corrected chi connectivity index (χ1v) is 7.73. The van der Waals surface area contributed by atoms with E-state index in [4.69, 9.17) is 0 Å². The summed E-state index contributed by atoms with van der Waals surface area (Å²) in [6, 6.07) is 0. The maximum Gasteiger partial charge on any atom is 0.231 e. The Labute approximate surface area is 122 Å². The molecule has 0 saturated carbocycles. The molecule has 0 atom stereocenters. The van der Waals surface area contributed by atoms with Crippen LogP contribution in [0.4, 0.5) is 17.8 Å². The highest BCUT2D eigenvalue weighted by atomic mass is 15.3. The number of rotatable bonds is 10. The van der Waals surface area contributed by atoms with Gasteiger partial charge in [0.2, 0.25) is 17.8 Å². The zero-order valence-electron chi connectivity index (χ0n) is 13.2. The molecule has 2 N–H and O–H groups in total. The molecule has 20 heavy (non-hydrogen) atoms. The van der Waals surface area contributed by atoms with Crippen LogP contribution >= 0.6 is 0 Å². The van der Waals surface area contributed by atoms with E-state index in [2.05, 4.69) is 51.3 Å². The Morgan fingerprint density at radius 2 is 1.50 bits per heavy atom. The van der Waals surface area contributed by atoms with Crippen molar-refractivity contribution in [1.82, 2.24) is 15.0 Å². The van der Waals surface area contributed by atoms with Crippen LogP contribution in [0.25, 0.3) is 0 Å². The minimum atomic E-state index is 0.641. The molecule has 0 aliphatic carbocycles. The summed E-state index contributed by atoms with van der Waals surface area (Å²) < 4.78 is 0. The minimum absolute atomic E-state index is 0.641. The SMILES string of the molecule is CCCCCNc1nc(NCC)nc(N(CC)CC)n1. The summed E-state index contributed by atoms with van der Waals surface area (Å²) in [5.74, 6) is 2.04. The van der Waals surface area contributed by atoms with Crippen LogP contribution in [-0.4, -0.2) is 41.1 Å². The van der Waals surface area contributed by atoms with E-state index in [9.17, 15) is 0 Å². The molecule has 0 amide bonds. The second-order valence-electron chi connectivity index (χ2n) is 4.62. The van der Waals surface area contributed by atoms with Crippen molar-refractivity contribution in [2.75, 3.05) is 41.7 Å². The molecule has 114 valence electrons. The third-order valence-corrected chi connectivity index (χ3v) is 3.07. The van der Waals surface area contributed by atoms with Crippen LogP contribution in [0.2, 0.25) is 0 Å². The molecule has 0 fully saturated rings. The van der Waals surface area contributed by atoms with Gasteiger partial charge in [-0.25, -0.2) is 0 Å². The molecule has 0 saturated heterocycles. The molecule has 1 aromatic rings. The largest absolute Gasteiger partial charge is 0.354 e. The highest BCUT2D eigenvalue weighted by Crippen LogP contribution is 2.13. The highest BCUT2D eigenvalue weighted by Gasteiger charge is 2.10. The van der Waals surface area contributed by atoms with Crippen LogP contribution < -0.4 is 15.5 Å². The summed E-state index contributed by atoms with van der Waals surface area (Å²) >= 11 is 0. The van der Waals surface area contributed by atoms with Crippen LogP contribution in [0, 0.1) is 0 Å². The van der Waals surface area contributed by atoms with Crippen molar-refractivity contribution in [1.29, 1.82) is 0 Å². The molecular formula is C14H28N6. The lowest BCUT2D eigenvalue weighted by atomic mass is 10.2. The monoisotopic (exact) mass is 280 g/mol. The van der Waals surface area contributed by atoms with E-state index in [1.54, 1.807) is 0 Å². The van der Waals surface area contributed by atoms with Crippen molar-refractivity contribution >= 4 is 17.8 Å². The van der Waals surface area contributed by atoms with Crippen molar-refractivity contribution in [2.24, 2.45) is 0 Å². The van der Waals surface area contributed by atoms with Crippen LogP contribution in [0.3, 0.4) is 0 Å². The number of nitrogens with zero attached hydrogens (tertiary/aromatic N) is 4. The molecule has 0 unspecified atom stereocenters. The topological polar surface area (TPSA) is 66.0 Å². The molecule has 0 bridgehead atoms. The van der Waals surface area contributed by atoms with Crippen LogP contribution in [0.5, 0.6) is 0 Å². The van der Waals surface area contributed by atoms with Crippen LogP contribution in [-0.2, 0) is 0 Å². The fraction of sp³-hybridized carbons (Fsp3) is 0.786. The molecule has 1 heterocycles. The summed E-state index contributed by atoms with van der Waals surface area (Å²) in [5.41, 5.74) is 0. The Bertz CT molecular complexity index is 378. The fourth-order valence-electron chi connectivity index (χ4n) is 1.90. The number of hydrogen-bond acceptors (Lipinski definition) is 6. The van der Waals surface area contributed by atoms with E-state index in [1.165, 1.54) is 12.8 Å². The first-order valence-electron chi connectivity index (χ1n) is 7.73. The molecule has 0 radical (unpaired) electrons. The van der Waals surface area contributed by atoms with Gasteiger partial charge in [-0.2, -0.15) is 15.0 Å². The normalized spacial score (nSPS) is 10.4. The lowest BCUT2D eigenvalue weighted by molar-refractivity contribution is 0.738. The summed E-state index contributed by atoms with van der Waals surface area (Å²) in [4.78, 5) is 15.5. The average molecular weight is 280 g/mol. The van der Waals surface area contributed by atoms with Crippen molar-refractivity contribution < 1.29 is 0 Å². The molecule has 6 nitrogen and oxygen atoms in total. The zero-order chi connectivity index (χ0) is 14.8. The van der Waals surface area contributed by atoms with Gasteiger partial charge in [0.1, 0.15) is 0 Å². The van der Waals surface area contributed by atoms with Gasteiger partial charge in [-0.15, -0.1) is 0 Å². The highest BCUT2D eigenvalue weighted by molar-refractivity contribution is 5.43. The van der Waals surface area contributed by atoms with Gasteiger partial charge in [-0.3, -0.25) is 0 Å². The predicted octanol–water partition coefficient (Wildman–Crippen LogP) is 2.75. The summed E-state index contributed by atoms with van der Waals surface area (Å²) in [6.07, 6.45) is 3.58. The Kier molecular flexibility index (Phi) is 7.69. The van der Waals surface area contributed by atoms with E-state index in [1.807, 2.05) is 6.92 Å². The molecule has 6 heteroatoms. The maximum absolute atomic E-state index is 4.51. The van der Waals surface area contributed by atoms with Gasteiger partial charge in [0.05, 0.1) is 0 Å². The third-order valence-electron chi connectivity index (χ3n) is 3.07. The van der Waals surface area contributed by atoms with Gasteiger partial charge in [-0.05, 0) is 27.2 Å². The van der Waals surface area contributed by atoms with Gasteiger partial charge >= 0.3 is 0 Å². The average Bonchev–Trinajstić information content (AvgIpc) is 2.45. The molecule has 0 aliphatic rings. The van der Waals surface area contributed by atoms with Crippen LogP contribution in [0.15, 0.2) is 0 Å². The van der Waals surface area contributed by atoms with Crippen LogP contribution in [0.1, 0.15) is 47.0 Å². The number of unbranched alkanes of at least 4 members (excludes halogenated alkanes) is 2. The summed E-state index contributed by atoms with van der Waals surface area (Å²) in [7, 11) is 0. The fourth-order valence-corrected chi connectivity index (χ4v) is 1.90. The second kappa shape index (κ2) is 9.34. The third kappa shape index (κ3) is 5.19. The van der Waals surface area contributed by atoms with Crippen molar-refractivity contribution in [3.63, 3.8) is 0 Å². The van der Waals surface area contributed by atoms with E-state index in [0.717, 1.165) is 38.5 Å². The van der Waals surface area contributed by atoms with Gasteiger partial charge in [0, 0.05) is 26.2 Å². The lowest BCUT2D eigenvalue weighted by Crippen LogP contribution is -2.25. The van der Waals surface area contributed by atoms with Gasteiger partial charge < -0.3 is 15.5 Å². The van der Waals surface area contributed by atoms with E-state index in [0.29, 0.717) is 11.9 Å². The predicted molar refractivity (Wildman–Crippen MR) is 85.6 cm³/mol. The van der Waals surface area contributed by atoms with Crippen molar-refractivity contribution in [3.8, 4) is 0 Å². The Morgan fingerprint density at radius 1 is 0.850 bits per heavy atom. The standard InChI is InChI=1S/C14H28N6/c1-5-9-10-11-16-13-17-12(15-6-2)18-14(19-13)20(7-3)8-4/h5-11H2,1-4H3,(H2,15,16,17,18,19). The Hall–Kier alpha value is -1.59. The van der Waals surface area contributed by atoms with Crippen molar-refractivity contribution in [3.05, 3.63) is 0 Å². The number of anilines is 3. The van der Waals surface area contributed by atoms with E-state index < -0.39 is 0 Å². The molecule has 0 spiro atoms. The van der Waals surface area contributed by atoms with Crippen molar-refractivity contribution in [2.45, 2.75) is 47.0 Å². The smallest absolute Gasteiger partial charge is 0.231 e. The molecular weight excluding hydrogens is 252 g/mol. The van der Waals surface area contributed by atoms with E-state index >= 15 is 0 Å².